The van der Waals surface area contributed by atoms with E-state index in [1.165, 1.54) is 0 Å². The second-order valence-corrected chi connectivity index (χ2v) is 5.88. The fraction of sp³-hybridized carbons (Fsp3) is 0.625. The second-order valence-electron chi connectivity index (χ2n) is 5.88. The smallest absolute Gasteiger partial charge is 0.127 e. The Balaban J connectivity index is 2.54. The predicted octanol–water partition coefficient (Wildman–Crippen LogP) is 3.65. The Morgan fingerprint density at radius 1 is 1.26 bits per heavy atom. The largest absolute Gasteiger partial charge is 0.507 e. The molecule has 3 nitrogen and oxygen atoms in total. The second kappa shape index (κ2) is 5.04. The van der Waals surface area contributed by atoms with Crippen molar-refractivity contribution < 1.29 is 14.6 Å². The van der Waals surface area contributed by atoms with E-state index in [1.807, 2.05) is 20.8 Å². The molecule has 1 aliphatic heterocycles. The van der Waals surface area contributed by atoms with Gasteiger partial charge < -0.3 is 14.6 Å². The standard InChI is InChI=1S/C16H24O3/c1-6-18-9-13-12-7-8-16(4,5)19-15(12)11(3)10(2)14(13)17/h17H,6-9H2,1-5H3. The van der Waals surface area contributed by atoms with Crippen molar-refractivity contribution in [3.63, 3.8) is 0 Å². The highest BCUT2D eigenvalue weighted by atomic mass is 16.5. The molecule has 0 saturated heterocycles. The topological polar surface area (TPSA) is 38.7 Å². The Morgan fingerprint density at radius 3 is 2.58 bits per heavy atom. The van der Waals surface area contributed by atoms with Crippen molar-refractivity contribution in [2.45, 2.75) is 59.7 Å². The van der Waals surface area contributed by atoms with E-state index in [0.29, 0.717) is 19.0 Å². The number of rotatable bonds is 3. The lowest BCUT2D eigenvalue weighted by molar-refractivity contribution is 0.0805. The molecule has 1 heterocycles. The molecule has 0 unspecified atom stereocenters. The van der Waals surface area contributed by atoms with Crippen LogP contribution in [0.3, 0.4) is 0 Å². The summed E-state index contributed by atoms with van der Waals surface area (Å²) in [5.41, 5.74) is 3.82. The predicted molar refractivity (Wildman–Crippen MR) is 75.9 cm³/mol. The summed E-state index contributed by atoms with van der Waals surface area (Å²) in [6, 6.07) is 0. The van der Waals surface area contributed by atoms with Crippen LogP contribution in [-0.2, 0) is 17.8 Å². The summed E-state index contributed by atoms with van der Waals surface area (Å²) in [6.07, 6.45) is 1.89. The number of phenols is 1. The number of hydrogen-bond acceptors (Lipinski definition) is 3. The van der Waals surface area contributed by atoms with Crippen LogP contribution in [0.15, 0.2) is 0 Å². The van der Waals surface area contributed by atoms with E-state index in [4.69, 9.17) is 9.47 Å². The molecule has 0 saturated carbocycles. The van der Waals surface area contributed by atoms with Crippen LogP contribution in [0.2, 0.25) is 0 Å². The third-order valence-corrected chi connectivity index (χ3v) is 3.99. The fourth-order valence-electron chi connectivity index (χ4n) is 2.60. The Bertz CT molecular complexity index is 490. The van der Waals surface area contributed by atoms with Crippen LogP contribution in [-0.4, -0.2) is 17.3 Å². The molecule has 0 aromatic heterocycles. The maximum absolute atomic E-state index is 10.4. The molecule has 0 spiro atoms. The molecule has 0 bridgehead atoms. The van der Waals surface area contributed by atoms with E-state index in [9.17, 15) is 5.11 Å². The van der Waals surface area contributed by atoms with Gasteiger partial charge in [0.1, 0.15) is 17.1 Å². The van der Waals surface area contributed by atoms with E-state index in [1.54, 1.807) is 0 Å². The summed E-state index contributed by atoms with van der Waals surface area (Å²) in [6.45, 7) is 11.2. The zero-order valence-corrected chi connectivity index (χ0v) is 12.6. The van der Waals surface area contributed by atoms with Gasteiger partial charge in [0, 0.05) is 17.7 Å². The summed E-state index contributed by atoms with van der Waals surface area (Å²) in [4.78, 5) is 0. The number of phenolic OH excluding ortho intramolecular Hbond substituents is 1. The Kier molecular flexibility index (Phi) is 3.77. The molecule has 0 aliphatic carbocycles. The molecule has 19 heavy (non-hydrogen) atoms. The maximum Gasteiger partial charge on any atom is 0.127 e. The normalized spacial score (nSPS) is 16.9. The maximum atomic E-state index is 10.4. The number of fused-ring (bicyclic) bond motifs is 1. The molecule has 0 atom stereocenters. The first kappa shape index (κ1) is 14.2. The summed E-state index contributed by atoms with van der Waals surface area (Å²) in [5, 5.41) is 10.4. The van der Waals surface area contributed by atoms with Gasteiger partial charge in [-0.05, 0) is 58.6 Å². The Labute approximate surface area is 115 Å². The van der Waals surface area contributed by atoms with Crippen molar-refractivity contribution in [1.29, 1.82) is 0 Å². The van der Waals surface area contributed by atoms with Gasteiger partial charge in [-0.1, -0.05) is 0 Å². The van der Waals surface area contributed by atoms with Crippen molar-refractivity contribution in [3.05, 3.63) is 22.3 Å². The summed E-state index contributed by atoms with van der Waals surface area (Å²) >= 11 is 0. The van der Waals surface area contributed by atoms with Crippen LogP contribution in [0.25, 0.3) is 0 Å². The third kappa shape index (κ3) is 2.57. The van der Waals surface area contributed by atoms with E-state index in [0.717, 1.165) is 40.8 Å². The number of aromatic hydroxyl groups is 1. The SMILES string of the molecule is CCOCc1c(O)c(C)c(C)c2c1CCC(C)(C)O2. The quantitative estimate of drug-likeness (QED) is 0.905. The molecule has 1 aliphatic rings. The van der Waals surface area contributed by atoms with Crippen LogP contribution < -0.4 is 4.74 Å². The van der Waals surface area contributed by atoms with Crippen LogP contribution in [0.1, 0.15) is 49.4 Å². The molecular formula is C16H24O3. The first-order valence-electron chi connectivity index (χ1n) is 6.98. The molecule has 3 heteroatoms. The zero-order valence-electron chi connectivity index (χ0n) is 12.6. The van der Waals surface area contributed by atoms with Crippen molar-refractivity contribution in [2.24, 2.45) is 0 Å². The van der Waals surface area contributed by atoms with Gasteiger partial charge >= 0.3 is 0 Å². The van der Waals surface area contributed by atoms with Crippen LogP contribution in [0.5, 0.6) is 11.5 Å². The summed E-state index contributed by atoms with van der Waals surface area (Å²) < 4.78 is 11.6. The molecule has 1 aromatic carbocycles. The van der Waals surface area contributed by atoms with Gasteiger partial charge in [0.25, 0.3) is 0 Å². The lowest BCUT2D eigenvalue weighted by Gasteiger charge is -2.35. The van der Waals surface area contributed by atoms with E-state index < -0.39 is 0 Å². The molecule has 1 aromatic rings. The highest BCUT2D eigenvalue weighted by molar-refractivity contribution is 5.58. The molecule has 0 radical (unpaired) electrons. The lowest BCUT2D eigenvalue weighted by Crippen LogP contribution is -2.33. The monoisotopic (exact) mass is 264 g/mol. The van der Waals surface area contributed by atoms with Crippen molar-refractivity contribution in [2.75, 3.05) is 6.61 Å². The van der Waals surface area contributed by atoms with Gasteiger partial charge in [-0.25, -0.2) is 0 Å². The number of benzene rings is 1. The Morgan fingerprint density at radius 2 is 1.95 bits per heavy atom. The van der Waals surface area contributed by atoms with Gasteiger partial charge in [0.15, 0.2) is 0 Å². The molecule has 0 fully saturated rings. The highest BCUT2D eigenvalue weighted by Gasteiger charge is 2.31. The van der Waals surface area contributed by atoms with E-state index >= 15 is 0 Å². The van der Waals surface area contributed by atoms with E-state index in [2.05, 4.69) is 13.8 Å². The van der Waals surface area contributed by atoms with Gasteiger partial charge in [0.05, 0.1) is 6.61 Å². The van der Waals surface area contributed by atoms with Crippen LogP contribution >= 0.6 is 0 Å². The molecule has 0 amide bonds. The van der Waals surface area contributed by atoms with Gasteiger partial charge in [-0.3, -0.25) is 0 Å². The zero-order chi connectivity index (χ0) is 14.2. The summed E-state index contributed by atoms with van der Waals surface area (Å²) in [7, 11) is 0. The minimum Gasteiger partial charge on any atom is -0.507 e. The van der Waals surface area contributed by atoms with Crippen LogP contribution in [0, 0.1) is 13.8 Å². The van der Waals surface area contributed by atoms with Crippen LogP contribution in [0.4, 0.5) is 0 Å². The molecule has 106 valence electrons. The molecular weight excluding hydrogens is 240 g/mol. The van der Waals surface area contributed by atoms with Crippen molar-refractivity contribution in [1.82, 2.24) is 0 Å². The molecule has 2 rings (SSSR count). The van der Waals surface area contributed by atoms with E-state index in [-0.39, 0.29) is 5.60 Å². The van der Waals surface area contributed by atoms with Gasteiger partial charge in [-0.2, -0.15) is 0 Å². The minimum atomic E-state index is -0.135. The average molecular weight is 264 g/mol. The minimum absolute atomic E-state index is 0.135. The summed E-state index contributed by atoms with van der Waals surface area (Å²) in [5.74, 6) is 1.31. The van der Waals surface area contributed by atoms with Crippen molar-refractivity contribution >= 4 is 0 Å². The molecule has 1 N–H and O–H groups in total. The third-order valence-electron chi connectivity index (χ3n) is 3.99. The first-order valence-corrected chi connectivity index (χ1v) is 6.98. The fourth-order valence-corrected chi connectivity index (χ4v) is 2.60. The first-order chi connectivity index (χ1) is 8.87. The van der Waals surface area contributed by atoms with Gasteiger partial charge in [-0.15, -0.1) is 0 Å². The number of hydrogen-bond donors (Lipinski definition) is 1. The van der Waals surface area contributed by atoms with Gasteiger partial charge in [0.2, 0.25) is 0 Å². The Hall–Kier alpha value is -1.22. The van der Waals surface area contributed by atoms with Crippen molar-refractivity contribution in [3.8, 4) is 11.5 Å². The average Bonchev–Trinajstić information content (AvgIpc) is 2.36. The highest BCUT2D eigenvalue weighted by Crippen LogP contribution is 2.43. The lowest BCUT2D eigenvalue weighted by atomic mass is 9.88. The number of ether oxygens (including phenoxy) is 2.